The molecule has 1 heteroatoms. The molecule has 11 heavy (non-hydrogen) atoms. The van der Waals surface area contributed by atoms with E-state index in [4.69, 9.17) is 0 Å². The number of likely N-dealkylation sites (tertiary alicyclic amines) is 1. The normalized spacial score (nSPS) is 33.0. The monoisotopic (exact) mass is 155 g/mol. The second-order valence-electron chi connectivity index (χ2n) is 4.10. The van der Waals surface area contributed by atoms with Gasteiger partial charge in [-0.25, -0.2) is 0 Å². The highest BCUT2D eigenvalue weighted by molar-refractivity contribution is 4.78. The van der Waals surface area contributed by atoms with Crippen LogP contribution >= 0.6 is 0 Å². The van der Waals surface area contributed by atoms with Crippen LogP contribution in [0.5, 0.6) is 0 Å². The topological polar surface area (TPSA) is 3.24 Å². The number of nitrogens with zero attached hydrogens (tertiary/aromatic N) is 1. The average Bonchev–Trinajstić information content (AvgIpc) is 2.26. The lowest BCUT2D eigenvalue weighted by Gasteiger charge is -2.12. The minimum Gasteiger partial charge on any atom is -0.306 e. The van der Waals surface area contributed by atoms with Gasteiger partial charge in [-0.1, -0.05) is 26.7 Å². The van der Waals surface area contributed by atoms with Gasteiger partial charge in [-0.15, -0.1) is 0 Å². The van der Waals surface area contributed by atoms with Crippen LogP contribution in [0.2, 0.25) is 0 Å². The SMILES string of the molecule is CCCCC1CN(C)C[C@H]1C. The predicted octanol–water partition coefficient (Wildman–Crippen LogP) is 2.37. The second-order valence-corrected chi connectivity index (χ2v) is 4.10. The first-order valence-electron chi connectivity index (χ1n) is 4.92. The minimum atomic E-state index is 0.937. The van der Waals surface area contributed by atoms with E-state index in [0.29, 0.717) is 0 Å². The Hall–Kier alpha value is -0.0400. The van der Waals surface area contributed by atoms with Gasteiger partial charge < -0.3 is 4.90 Å². The van der Waals surface area contributed by atoms with Crippen molar-refractivity contribution in [3.8, 4) is 0 Å². The first-order valence-corrected chi connectivity index (χ1v) is 4.92. The van der Waals surface area contributed by atoms with Crippen molar-refractivity contribution in [1.82, 2.24) is 4.90 Å². The lowest BCUT2D eigenvalue weighted by atomic mass is 9.93. The molecule has 1 unspecified atom stereocenters. The summed E-state index contributed by atoms with van der Waals surface area (Å²) in [6, 6.07) is 0. The van der Waals surface area contributed by atoms with Crippen LogP contribution in [0.25, 0.3) is 0 Å². The van der Waals surface area contributed by atoms with Crippen LogP contribution in [0.4, 0.5) is 0 Å². The molecule has 1 fully saturated rings. The number of rotatable bonds is 3. The zero-order valence-electron chi connectivity index (χ0n) is 8.14. The van der Waals surface area contributed by atoms with Crippen molar-refractivity contribution in [2.24, 2.45) is 11.8 Å². The van der Waals surface area contributed by atoms with Crippen molar-refractivity contribution < 1.29 is 0 Å². The van der Waals surface area contributed by atoms with Crippen LogP contribution in [0.1, 0.15) is 33.1 Å². The highest BCUT2D eigenvalue weighted by Gasteiger charge is 2.25. The molecule has 1 nitrogen and oxygen atoms in total. The third-order valence-electron chi connectivity index (χ3n) is 2.88. The van der Waals surface area contributed by atoms with E-state index in [-0.39, 0.29) is 0 Å². The number of hydrogen-bond donors (Lipinski definition) is 0. The Balaban J connectivity index is 2.23. The van der Waals surface area contributed by atoms with Gasteiger partial charge in [-0.3, -0.25) is 0 Å². The van der Waals surface area contributed by atoms with Crippen LogP contribution in [0.15, 0.2) is 0 Å². The van der Waals surface area contributed by atoms with Gasteiger partial charge in [0.15, 0.2) is 0 Å². The second kappa shape index (κ2) is 4.10. The molecule has 2 atom stereocenters. The van der Waals surface area contributed by atoms with E-state index >= 15 is 0 Å². The van der Waals surface area contributed by atoms with Crippen LogP contribution in [0.3, 0.4) is 0 Å². The quantitative estimate of drug-likeness (QED) is 0.605. The Kier molecular flexibility index (Phi) is 3.38. The molecule has 0 saturated carbocycles. The molecule has 0 aliphatic carbocycles. The van der Waals surface area contributed by atoms with Gasteiger partial charge in [0, 0.05) is 13.1 Å². The Labute approximate surface area is 70.8 Å². The molecule has 1 aliphatic heterocycles. The molecule has 0 N–H and O–H groups in total. The van der Waals surface area contributed by atoms with Crippen molar-refractivity contribution in [1.29, 1.82) is 0 Å². The lowest BCUT2D eigenvalue weighted by Crippen LogP contribution is -2.13. The van der Waals surface area contributed by atoms with Crippen molar-refractivity contribution in [2.75, 3.05) is 20.1 Å². The van der Waals surface area contributed by atoms with Crippen molar-refractivity contribution in [3.63, 3.8) is 0 Å². The van der Waals surface area contributed by atoms with Gasteiger partial charge in [0.05, 0.1) is 0 Å². The molecule has 0 bridgehead atoms. The molecule has 66 valence electrons. The van der Waals surface area contributed by atoms with E-state index in [9.17, 15) is 0 Å². The predicted molar refractivity (Wildman–Crippen MR) is 49.7 cm³/mol. The fraction of sp³-hybridized carbons (Fsp3) is 1.00. The molecule has 1 saturated heterocycles. The third-order valence-corrected chi connectivity index (χ3v) is 2.88. The van der Waals surface area contributed by atoms with Gasteiger partial charge in [0.25, 0.3) is 0 Å². The molecule has 0 aromatic carbocycles. The Bertz CT molecular complexity index is 111. The van der Waals surface area contributed by atoms with Gasteiger partial charge in [-0.05, 0) is 25.3 Å². The maximum Gasteiger partial charge on any atom is 0.000975 e. The molecule has 0 aromatic rings. The molecule has 0 spiro atoms. The van der Waals surface area contributed by atoms with Crippen LogP contribution < -0.4 is 0 Å². The van der Waals surface area contributed by atoms with Gasteiger partial charge >= 0.3 is 0 Å². The average molecular weight is 155 g/mol. The first-order chi connectivity index (χ1) is 5.24. The van der Waals surface area contributed by atoms with E-state index in [2.05, 4.69) is 25.8 Å². The summed E-state index contributed by atoms with van der Waals surface area (Å²) >= 11 is 0. The Morgan fingerprint density at radius 1 is 1.36 bits per heavy atom. The van der Waals surface area contributed by atoms with E-state index in [0.717, 1.165) is 11.8 Å². The summed E-state index contributed by atoms with van der Waals surface area (Å²) in [5, 5.41) is 0. The first kappa shape index (κ1) is 9.05. The summed E-state index contributed by atoms with van der Waals surface area (Å²) in [6.45, 7) is 7.32. The summed E-state index contributed by atoms with van der Waals surface area (Å²) < 4.78 is 0. The summed E-state index contributed by atoms with van der Waals surface area (Å²) in [6.07, 6.45) is 4.22. The Morgan fingerprint density at radius 3 is 2.55 bits per heavy atom. The van der Waals surface area contributed by atoms with Gasteiger partial charge in [-0.2, -0.15) is 0 Å². The highest BCUT2D eigenvalue weighted by Crippen LogP contribution is 2.25. The molecule has 1 aliphatic rings. The molecule has 0 aromatic heterocycles. The van der Waals surface area contributed by atoms with Crippen molar-refractivity contribution in [2.45, 2.75) is 33.1 Å². The fourth-order valence-electron chi connectivity index (χ4n) is 2.14. The molecule has 1 rings (SSSR count). The number of hydrogen-bond acceptors (Lipinski definition) is 1. The molecular weight excluding hydrogens is 134 g/mol. The van der Waals surface area contributed by atoms with E-state index < -0.39 is 0 Å². The molecular formula is C10H21N. The molecule has 0 radical (unpaired) electrons. The Morgan fingerprint density at radius 2 is 2.09 bits per heavy atom. The fourth-order valence-corrected chi connectivity index (χ4v) is 2.14. The van der Waals surface area contributed by atoms with Crippen LogP contribution in [-0.4, -0.2) is 25.0 Å². The smallest absolute Gasteiger partial charge is 0.000975 e. The van der Waals surface area contributed by atoms with E-state index in [1.165, 1.54) is 32.4 Å². The molecule has 0 amide bonds. The summed E-state index contributed by atoms with van der Waals surface area (Å²) in [7, 11) is 2.24. The van der Waals surface area contributed by atoms with E-state index in [1.54, 1.807) is 0 Å². The van der Waals surface area contributed by atoms with Crippen LogP contribution in [-0.2, 0) is 0 Å². The summed E-state index contributed by atoms with van der Waals surface area (Å²) in [5.74, 6) is 1.92. The summed E-state index contributed by atoms with van der Waals surface area (Å²) in [5.41, 5.74) is 0. The lowest BCUT2D eigenvalue weighted by molar-refractivity contribution is 0.382. The zero-order chi connectivity index (χ0) is 8.27. The zero-order valence-corrected chi connectivity index (χ0v) is 8.14. The van der Waals surface area contributed by atoms with Crippen molar-refractivity contribution in [3.05, 3.63) is 0 Å². The number of unbranched alkanes of at least 4 members (excludes halogenated alkanes) is 1. The van der Waals surface area contributed by atoms with E-state index in [1.807, 2.05) is 0 Å². The van der Waals surface area contributed by atoms with Crippen LogP contribution in [0, 0.1) is 11.8 Å². The maximum atomic E-state index is 2.46. The molecule has 1 heterocycles. The summed E-state index contributed by atoms with van der Waals surface area (Å²) in [4.78, 5) is 2.46. The van der Waals surface area contributed by atoms with Gasteiger partial charge in [0.1, 0.15) is 0 Å². The minimum absolute atomic E-state index is 0.937. The third kappa shape index (κ3) is 2.48. The maximum absolute atomic E-state index is 2.46. The largest absolute Gasteiger partial charge is 0.306 e. The highest BCUT2D eigenvalue weighted by atomic mass is 15.1. The van der Waals surface area contributed by atoms with Crippen molar-refractivity contribution >= 4 is 0 Å². The van der Waals surface area contributed by atoms with Gasteiger partial charge in [0.2, 0.25) is 0 Å². The standard InChI is InChI=1S/C10H21N/c1-4-5-6-10-8-11(3)7-9(10)2/h9-10H,4-8H2,1-3H3/t9-,10?/m1/s1.